The molecule has 13 heteroatoms. The molecule has 0 spiro atoms. The van der Waals surface area contributed by atoms with E-state index >= 15 is 0 Å². The fourth-order valence-electron chi connectivity index (χ4n) is 7.67. The first-order chi connectivity index (χ1) is 32.6. The Hall–Kier alpha value is -7.64. The third-order valence-corrected chi connectivity index (χ3v) is 12.6. The van der Waals surface area contributed by atoms with Crippen LogP contribution in [0, 0.1) is 13.8 Å². The number of hydrogen-bond acceptors (Lipinski definition) is 11. The Labute approximate surface area is 393 Å². The molecule has 0 aliphatic carbocycles. The Balaban J connectivity index is 0.000000182. The van der Waals surface area contributed by atoms with Crippen molar-refractivity contribution in [2.45, 2.75) is 57.8 Å². The SMILES string of the molecule is Cc1oc(-c2ccccc2)nc1CCOc1ccc(CC(C)(C(=O)O)c2cccs2)cc1.Cc1oc(-c2ccccc2)nc1CCOc1ccc(CC(c2ccccc2)c2nnn(C)n2)cc1. The van der Waals surface area contributed by atoms with E-state index in [1.807, 2.05) is 147 Å². The predicted molar refractivity (Wildman–Crippen MR) is 258 cm³/mol. The number of nitrogens with zero attached hydrogens (tertiary/aromatic N) is 6. The van der Waals surface area contributed by atoms with Gasteiger partial charge in [-0.05, 0) is 115 Å². The quantitative estimate of drug-likeness (QED) is 0.0875. The maximum atomic E-state index is 12.0. The minimum Gasteiger partial charge on any atom is -0.493 e. The molecule has 5 aromatic carbocycles. The Morgan fingerprint density at radius 1 is 0.687 bits per heavy atom. The number of carboxylic acid groups (broad SMARTS) is 1. The second-order valence-electron chi connectivity index (χ2n) is 16.4. The van der Waals surface area contributed by atoms with Gasteiger partial charge >= 0.3 is 5.97 Å². The van der Waals surface area contributed by atoms with Crippen molar-refractivity contribution in [2.24, 2.45) is 7.05 Å². The summed E-state index contributed by atoms with van der Waals surface area (Å²) < 4.78 is 23.5. The predicted octanol–water partition coefficient (Wildman–Crippen LogP) is 11.1. The first kappa shape index (κ1) is 45.9. The van der Waals surface area contributed by atoms with E-state index in [0.29, 0.717) is 44.3 Å². The number of carbonyl (C=O) groups is 1. The van der Waals surface area contributed by atoms with Crippen LogP contribution in [0.15, 0.2) is 166 Å². The fraction of sp³-hybridized carbons (Fsp3) is 0.222. The highest BCUT2D eigenvalue weighted by Gasteiger charge is 2.36. The molecular weight excluding hydrogens is 861 g/mol. The molecule has 0 fully saturated rings. The molecule has 4 aromatic heterocycles. The van der Waals surface area contributed by atoms with E-state index in [2.05, 4.69) is 49.6 Å². The van der Waals surface area contributed by atoms with Gasteiger partial charge in [0.05, 0.1) is 37.6 Å². The normalized spacial score (nSPS) is 12.4. The Morgan fingerprint density at radius 3 is 1.66 bits per heavy atom. The number of benzene rings is 5. The summed E-state index contributed by atoms with van der Waals surface area (Å²) in [5, 5.41) is 24.5. The minimum atomic E-state index is -0.947. The number of ether oxygens (including phenoxy) is 2. The van der Waals surface area contributed by atoms with Gasteiger partial charge in [-0.2, -0.15) is 4.80 Å². The number of oxazole rings is 2. The lowest BCUT2D eigenvalue weighted by Crippen LogP contribution is -2.33. The first-order valence-corrected chi connectivity index (χ1v) is 23.0. The first-order valence-electron chi connectivity index (χ1n) is 22.1. The standard InChI is InChI=1S/C28H27N5O2.C26H25NO4S/c1-20-26(29-28(35-20)23-11-7-4-8-12-23)17-18-34-24-15-13-21(14-16-24)19-25(22-9-5-3-6-10-22)27-30-32-33(2)31-27;1-18-22(27-24(31-18)20-7-4-3-5-8-20)14-15-30-21-12-10-19(11-13-21)17-26(2,25(28)29)23-9-6-16-32-23/h3-16,25H,17-19H2,1-2H3;3-13,16H,14-15,17H2,1-2H3,(H,28,29). The van der Waals surface area contributed by atoms with Crippen molar-refractivity contribution in [3.63, 3.8) is 0 Å². The topological polar surface area (TPSA) is 151 Å². The van der Waals surface area contributed by atoms with Crippen LogP contribution < -0.4 is 9.47 Å². The van der Waals surface area contributed by atoms with Crippen molar-refractivity contribution in [2.75, 3.05) is 13.2 Å². The third kappa shape index (κ3) is 11.8. The molecule has 0 saturated carbocycles. The van der Waals surface area contributed by atoms with E-state index in [-0.39, 0.29) is 5.92 Å². The average Bonchev–Trinajstić information content (AvgIpc) is 4.20. The highest BCUT2D eigenvalue weighted by atomic mass is 32.1. The number of aromatic nitrogens is 6. The summed E-state index contributed by atoms with van der Waals surface area (Å²) in [6.07, 6.45) is 2.51. The molecule has 67 heavy (non-hydrogen) atoms. The summed E-state index contributed by atoms with van der Waals surface area (Å²) in [5.74, 6) is 4.39. The smallest absolute Gasteiger partial charge is 0.315 e. The average molecular weight is 913 g/mol. The second kappa shape index (κ2) is 21.6. The van der Waals surface area contributed by atoms with Crippen LogP contribution in [-0.2, 0) is 42.9 Å². The van der Waals surface area contributed by atoms with Gasteiger partial charge < -0.3 is 23.4 Å². The Kier molecular flexibility index (Phi) is 14.8. The highest BCUT2D eigenvalue weighted by Crippen LogP contribution is 2.33. The summed E-state index contributed by atoms with van der Waals surface area (Å²) in [6, 6.07) is 49.7. The van der Waals surface area contributed by atoms with Crippen molar-refractivity contribution >= 4 is 17.3 Å². The van der Waals surface area contributed by atoms with Gasteiger partial charge in [-0.1, -0.05) is 97.1 Å². The molecule has 9 rings (SSSR count). The number of hydrogen-bond donors (Lipinski definition) is 1. The third-order valence-electron chi connectivity index (χ3n) is 11.5. The number of thiophene rings is 1. The van der Waals surface area contributed by atoms with Gasteiger partial charge in [-0.25, -0.2) is 9.97 Å². The van der Waals surface area contributed by atoms with Crippen LogP contribution in [0.25, 0.3) is 22.9 Å². The van der Waals surface area contributed by atoms with Crippen molar-refractivity contribution in [3.05, 3.63) is 207 Å². The summed E-state index contributed by atoms with van der Waals surface area (Å²) in [5.41, 5.74) is 6.08. The van der Waals surface area contributed by atoms with Gasteiger partial charge in [0, 0.05) is 28.8 Å². The Bertz CT molecular complexity index is 2940. The van der Waals surface area contributed by atoms with Crippen molar-refractivity contribution in [3.8, 4) is 34.4 Å². The van der Waals surface area contributed by atoms with Gasteiger partial charge in [-0.3, -0.25) is 4.79 Å². The zero-order valence-corrected chi connectivity index (χ0v) is 38.7. The summed E-state index contributed by atoms with van der Waals surface area (Å²) in [7, 11) is 1.79. The molecule has 12 nitrogen and oxygen atoms in total. The van der Waals surface area contributed by atoms with Gasteiger partial charge in [-0.15, -0.1) is 21.5 Å². The lowest BCUT2D eigenvalue weighted by molar-refractivity contribution is -0.143. The molecule has 340 valence electrons. The number of rotatable bonds is 18. The zero-order chi connectivity index (χ0) is 46.6. The summed E-state index contributed by atoms with van der Waals surface area (Å²) in [4.78, 5) is 23.6. The zero-order valence-electron chi connectivity index (χ0n) is 37.9. The lowest BCUT2D eigenvalue weighted by atomic mass is 9.82. The molecule has 9 aromatic rings. The van der Waals surface area contributed by atoms with Crippen LogP contribution in [0.2, 0.25) is 0 Å². The molecule has 0 aliphatic heterocycles. The molecule has 2 atom stereocenters. The van der Waals surface area contributed by atoms with Crippen LogP contribution in [-0.4, -0.2) is 54.5 Å². The summed E-state index contributed by atoms with van der Waals surface area (Å²) in [6.45, 7) is 6.63. The van der Waals surface area contributed by atoms with Crippen molar-refractivity contribution in [1.82, 2.24) is 30.2 Å². The molecule has 2 unspecified atom stereocenters. The molecule has 0 saturated heterocycles. The fourth-order valence-corrected chi connectivity index (χ4v) is 8.55. The molecule has 4 heterocycles. The largest absolute Gasteiger partial charge is 0.493 e. The number of aliphatic carboxylic acids is 1. The van der Waals surface area contributed by atoms with E-state index in [0.717, 1.165) is 68.2 Å². The van der Waals surface area contributed by atoms with E-state index < -0.39 is 11.4 Å². The maximum absolute atomic E-state index is 12.0. The van der Waals surface area contributed by atoms with Gasteiger partial charge in [0.2, 0.25) is 11.8 Å². The Morgan fingerprint density at radius 2 is 1.19 bits per heavy atom. The van der Waals surface area contributed by atoms with Gasteiger partial charge in [0.1, 0.15) is 28.4 Å². The van der Waals surface area contributed by atoms with Gasteiger partial charge in [0.25, 0.3) is 0 Å². The van der Waals surface area contributed by atoms with Crippen LogP contribution in [0.5, 0.6) is 11.5 Å². The molecule has 0 aliphatic rings. The van der Waals surface area contributed by atoms with Crippen LogP contribution in [0.1, 0.15) is 63.1 Å². The highest BCUT2D eigenvalue weighted by molar-refractivity contribution is 7.10. The minimum absolute atomic E-state index is 0.0330. The molecule has 0 radical (unpaired) electrons. The second-order valence-corrected chi connectivity index (χ2v) is 17.3. The van der Waals surface area contributed by atoms with Crippen LogP contribution in [0.3, 0.4) is 0 Å². The van der Waals surface area contributed by atoms with E-state index in [1.165, 1.54) is 27.3 Å². The van der Waals surface area contributed by atoms with E-state index in [1.54, 1.807) is 14.0 Å². The van der Waals surface area contributed by atoms with Crippen molar-refractivity contribution < 1.29 is 28.2 Å². The monoisotopic (exact) mass is 912 g/mol. The van der Waals surface area contributed by atoms with E-state index in [4.69, 9.17) is 18.3 Å². The molecule has 0 bridgehead atoms. The summed E-state index contributed by atoms with van der Waals surface area (Å²) >= 11 is 1.47. The van der Waals surface area contributed by atoms with Crippen LogP contribution >= 0.6 is 11.3 Å². The number of tetrazole rings is 1. The van der Waals surface area contributed by atoms with Crippen LogP contribution in [0.4, 0.5) is 0 Å². The number of aryl methyl sites for hydroxylation is 3. The molecule has 1 N–H and O–H groups in total. The van der Waals surface area contributed by atoms with Crippen molar-refractivity contribution in [1.29, 1.82) is 0 Å². The lowest BCUT2D eigenvalue weighted by Gasteiger charge is -2.23. The van der Waals surface area contributed by atoms with E-state index in [9.17, 15) is 9.90 Å². The molecule has 0 amide bonds. The number of carboxylic acids is 1. The maximum Gasteiger partial charge on any atom is 0.315 e. The molecular formula is C54H52N6O6S. The van der Waals surface area contributed by atoms with Gasteiger partial charge in [0.15, 0.2) is 5.82 Å².